The molecule has 0 saturated carbocycles. The van der Waals surface area contributed by atoms with Gasteiger partial charge < -0.3 is 9.47 Å². The molecule has 0 aliphatic carbocycles. The molecule has 0 amide bonds. The maximum atomic E-state index is 12.9. The fourth-order valence-electron chi connectivity index (χ4n) is 2.80. The van der Waals surface area contributed by atoms with E-state index >= 15 is 0 Å². The maximum Gasteiger partial charge on any atom is 0.243 e. The van der Waals surface area contributed by atoms with Crippen LogP contribution in [0.2, 0.25) is 0 Å². The molecule has 1 aromatic rings. The summed E-state index contributed by atoms with van der Waals surface area (Å²) >= 11 is 0. The summed E-state index contributed by atoms with van der Waals surface area (Å²) < 4.78 is 38.1. The summed E-state index contributed by atoms with van der Waals surface area (Å²) in [6.45, 7) is 7.19. The van der Waals surface area contributed by atoms with Crippen LogP contribution in [-0.2, 0) is 14.8 Å². The molecule has 0 aromatic heterocycles. The van der Waals surface area contributed by atoms with Gasteiger partial charge in [-0.1, -0.05) is 0 Å². The van der Waals surface area contributed by atoms with E-state index in [1.165, 1.54) is 0 Å². The number of methoxy groups -OCH3 is 1. The highest BCUT2D eigenvalue weighted by Gasteiger charge is 2.30. The van der Waals surface area contributed by atoms with E-state index in [0.717, 1.165) is 29.7 Å². The topological polar surface area (TPSA) is 55.8 Å². The number of hydrogen-bond donors (Lipinski definition) is 0. The average Bonchev–Trinajstić information content (AvgIpc) is 2.50. The van der Waals surface area contributed by atoms with Gasteiger partial charge in [0.15, 0.2) is 0 Å². The van der Waals surface area contributed by atoms with Crippen molar-refractivity contribution in [3.63, 3.8) is 0 Å². The second-order valence-electron chi connectivity index (χ2n) is 5.66. The molecule has 0 radical (unpaired) electrons. The third-order valence-corrected chi connectivity index (χ3v) is 6.17. The lowest BCUT2D eigenvalue weighted by atomic mass is 10.1. The number of benzene rings is 1. The third-order valence-electron chi connectivity index (χ3n) is 4.12. The first-order chi connectivity index (χ1) is 10.4. The lowest BCUT2D eigenvalue weighted by molar-refractivity contribution is 0.0604. The first-order valence-electron chi connectivity index (χ1n) is 7.67. The molecule has 124 valence electrons. The molecule has 1 aliphatic rings. The van der Waals surface area contributed by atoms with Gasteiger partial charge in [-0.2, -0.15) is 4.31 Å². The smallest absolute Gasteiger partial charge is 0.243 e. The normalized spacial score (nSPS) is 17.6. The van der Waals surface area contributed by atoms with Crippen molar-refractivity contribution in [3.8, 4) is 5.75 Å². The third kappa shape index (κ3) is 3.45. The molecule has 0 atom stereocenters. The molecule has 0 spiro atoms. The fraction of sp³-hybridized carbons (Fsp3) is 0.625. The predicted octanol–water partition coefficient (Wildman–Crippen LogP) is 2.50. The zero-order valence-electron chi connectivity index (χ0n) is 13.8. The van der Waals surface area contributed by atoms with Crippen molar-refractivity contribution in [2.24, 2.45) is 0 Å². The fourth-order valence-corrected chi connectivity index (χ4v) is 4.56. The Morgan fingerprint density at radius 3 is 2.36 bits per heavy atom. The van der Waals surface area contributed by atoms with E-state index in [9.17, 15) is 8.42 Å². The quantitative estimate of drug-likeness (QED) is 0.834. The monoisotopic (exact) mass is 327 g/mol. The Hall–Kier alpha value is -1.11. The lowest BCUT2D eigenvalue weighted by Crippen LogP contribution is -2.40. The minimum absolute atomic E-state index is 0.162. The van der Waals surface area contributed by atoms with Crippen LogP contribution in [0.5, 0.6) is 5.75 Å². The number of hydrogen-bond acceptors (Lipinski definition) is 4. The molecule has 5 nitrogen and oxygen atoms in total. The van der Waals surface area contributed by atoms with Gasteiger partial charge in [-0.05, 0) is 56.9 Å². The summed E-state index contributed by atoms with van der Waals surface area (Å²) in [5.74, 6) is 0.747. The standard InChI is InChI=1S/C16H25NO4S/c1-5-21-15-10-13(3)16(11-12(15)2)22(18,19)17-8-6-14(20-4)7-9-17/h10-11,14H,5-9H2,1-4H3. The summed E-state index contributed by atoms with van der Waals surface area (Å²) in [4.78, 5) is 0.379. The van der Waals surface area contributed by atoms with Crippen LogP contribution < -0.4 is 4.74 Å². The first-order valence-corrected chi connectivity index (χ1v) is 9.11. The molecule has 1 saturated heterocycles. The van der Waals surface area contributed by atoms with Crippen molar-refractivity contribution in [2.75, 3.05) is 26.8 Å². The van der Waals surface area contributed by atoms with Gasteiger partial charge in [-0.25, -0.2) is 8.42 Å². The Balaban J connectivity index is 2.28. The molecular weight excluding hydrogens is 302 g/mol. The Bertz CT molecular complexity index is 619. The summed E-state index contributed by atoms with van der Waals surface area (Å²) in [7, 11) is -1.78. The second kappa shape index (κ2) is 6.98. The van der Waals surface area contributed by atoms with Crippen LogP contribution in [0.25, 0.3) is 0 Å². The predicted molar refractivity (Wildman–Crippen MR) is 85.9 cm³/mol. The summed E-state index contributed by atoms with van der Waals surface area (Å²) in [6.07, 6.45) is 1.64. The van der Waals surface area contributed by atoms with Gasteiger partial charge in [0.2, 0.25) is 10.0 Å². The van der Waals surface area contributed by atoms with Gasteiger partial charge in [-0.15, -0.1) is 0 Å². The number of aryl methyl sites for hydroxylation is 2. The number of rotatable bonds is 5. The van der Waals surface area contributed by atoms with E-state index in [1.54, 1.807) is 17.5 Å². The zero-order valence-corrected chi connectivity index (χ0v) is 14.6. The van der Waals surface area contributed by atoms with Crippen LogP contribution in [0, 0.1) is 13.8 Å². The van der Waals surface area contributed by atoms with Crippen LogP contribution in [0.4, 0.5) is 0 Å². The minimum atomic E-state index is -3.46. The molecule has 0 unspecified atom stereocenters. The van der Waals surface area contributed by atoms with Crippen LogP contribution in [0.15, 0.2) is 17.0 Å². The van der Waals surface area contributed by atoms with Crippen LogP contribution in [0.1, 0.15) is 30.9 Å². The zero-order chi connectivity index (χ0) is 16.3. The molecule has 1 heterocycles. The number of ether oxygens (including phenoxy) is 2. The van der Waals surface area contributed by atoms with Crippen LogP contribution in [-0.4, -0.2) is 45.6 Å². The van der Waals surface area contributed by atoms with Crippen molar-refractivity contribution in [1.29, 1.82) is 0 Å². The SMILES string of the molecule is CCOc1cc(C)c(S(=O)(=O)N2CCC(OC)CC2)cc1C. The van der Waals surface area contributed by atoms with Gasteiger partial charge in [-0.3, -0.25) is 0 Å². The number of nitrogens with zero attached hydrogens (tertiary/aromatic N) is 1. The van der Waals surface area contributed by atoms with Gasteiger partial charge in [0.1, 0.15) is 5.75 Å². The minimum Gasteiger partial charge on any atom is -0.494 e. The highest BCUT2D eigenvalue weighted by atomic mass is 32.2. The van der Waals surface area contributed by atoms with E-state index in [-0.39, 0.29) is 6.10 Å². The van der Waals surface area contributed by atoms with E-state index in [2.05, 4.69) is 0 Å². The molecular formula is C16H25NO4S. The van der Waals surface area contributed by atoms with Crippen LogP contribution in [0.3, 0.4) is 0 Å². The molecule has 2 rings (SSSR count). The first kappa shape index (κ1) is 17.2. The Morgan fingerprint density at radius 1 is 1.18 bits per heavy atom. The largest absolute Gasteiger partial charge is 0.494 e. The Morgan fingerprint density at radius 2 is 1.82 bits per heavy atom. The maximum absolute atomic E-state index is 12.9. The molecule has 6 heteroatoms. The molecule has 1 aliphatic heterocycles. The highest BCUT2D eigenvalue weighted by Crippen LogP contribution is 2.29. The van der Waals surface area contributed by atoms with Crippen molar-refractivity contribution in [3.05, 3.63) is 23.3 Å². The van der Waals surface area contributed by atoms with E-state index in [4.69, 9.17) is 9.47 Å². The molecule has 1 aromatic carbocycles. The summed E-state index contributed by atoms with van der Waals surface area (Å²) in [6, 6.07) is 3.53. The van der Waals surface area contributed by atoms with Crippen molar-refractivity contribution >= 4 is 10.0 Å². The lowest BCUT2D eigenvalue weighted by Gasteiger charge is -2.31. The molecule has 0 N–H and O–H groups in total. The Kier molecular flexibility index (Phi) is 5.47. The van der Waals surface area contributed by atoms with Gasteiger partial charge in [0.05, 0.1) is 17.6 Å². The van der Waals surface area contributed by atoms with E-state index < -0.39 is 10.0 Å². The van der Waals surface area contributed by atoms with Gasteiger partial charge >= 0.3 is 0 Å². The van der Waals surface area contributed by atoms with Crippen LogP contribution >= 0.6 is 0 Å². The van der Waals surface area contributed by atoms with Crippen molar-refractivity contribution in [1.82, 2.24) is 4.31 Å². The second-order valence-corrected chi connectivity index (χ2v) is 7.56. The summed E-state index contributed by atoms with van der Waals surface area (Å²) in [5, 5.41) is 0. The highest BCUT2D eigenvalue weighted by molar-refractivity contribution is 7.89. The Labute approximate surface area is 133 Å². The van der Waals surface area contributed by atoms with E-state index in [0.29, 0.717) is 24.6 Å². The van der Waals surface area contributed by atoms with Gasteiger partial charge in [0.25, 0.3) is 0 Å². The van der Waals surface area contributed by atoms with Crippen molar-refractivity contribution < 1.29 is 17.9 Å². The number of sulfonamides is 1. The average molecular weight is 327 g/mol. The van der Waals surface area contributed by atoms with Gasteiger partial charge in [0, 0.05) is 20.2 Å². The van der Waals surface area contributed by atoms with Crippen molar-refractivity contribution in [2.45, 2.75) is 44.6 Å². The molecule has 0 bridgehead atoms. The molecule has 22 heavy (non-hydrogen) atoms. The molecule has 1 fully saturated rings. The number of piperidine rings is 1. The summed E-state index contributed by atoms with van der Waals surface area (Å²) in [5.41, 5.74) is 1.57. The van der Waals surface area contributed by atoms with E-state index in [1.807, 2.05) is 26.8 Å².